The van der Waals surface area contributed by atoms with Gasteiger partial charge in [0, 0.05) is 25.7 Å². The molecule has 1 atom stereocenters. The Kier molecular flexibility index (Phi) is 3.52. The van der Waals surface area contributed by atoms with Crippen LogP contribution >= 0.6 is 0 Å². The molecule has 17 heavy (non-hydrogen) atoms. The fourth-order valence-electron chi connectivity index (χ4n) is 1.96. The maximum Gasteiger partial charge on any atom is 0.105 e. The van der Waals surface area contributed by atoms with E-state index in [4.69, 9.17) is 4.42 Å². The van der Waals surface area contributed by atoms with Crippen LogP contribution in [-0.2, 0) is 19.9 Å². The first kappa shape index (κ1) is 11.8. The van der Waals surface area contributed by atoms with Crippen LogP contribution in [0.1, 0.15) is 25.3 Å². The van der Waals surface area contributed by atoms with Gasteiger partial charge in [0.05, 0.1) is 17.6 Å². The first-order valence-corrected chi connectivity index (χ1v) is 6.00. The molecule has 1 N–H and O–H groups in total. The lowest BCUT2D eigenvalue weighted by molar-refractivity contribution is 0.497. The van der Waals surface area contributed by atoms with Crippen LogP contribution < -0.4 is 5.32 Å². The summed E-state index contributed by atoms with van der Waals surface area (Å²) in [5.41, 5.74) is 2.23. The molecule has 2 aromatic heterocycles. The number of rotatable bonds is 5. The van der Waals surface area contributed by atoms with Gasteiger partial charge in [-0.25, -0.2) is 0 Å². The van der Waals surface area contributed by atoms with Gasteiger partial charge in [0.25, 0.3) is 0 Å². The zero-order valence-electron chi connectivity index (χ0n) is 10.6. The molecule has 0 saturated heterocycles. The summed E-state index contributed by atoms with van der Waals surface area (Å²) >= 11 is 0. The summed E-state index contributed by atoms with van der Waals surface area (Å²) < 4.78 is 7.19. The van der Waals surface area contributed by atoms with Crippen molar-refractivity contribution >= 4 is 5.69 Å². The highest BCUT2D eigenvalue weighted by Gasteiger charge is 2.10. The van der Waals surface area contributed by atoms with Crippen molar-refractivity contribution in [3.8, 4) is 0 Å². The fourth-order valence-corrected chi connectivity index (χ4v) is 1.96. The second kappa shape index (κ2) is 5.08. The summed E-state index contributed by atoms with van der Waals surface area (Å²) in [6.07, 6.45) is 5.56. The molecular formula is C13H19N3O. The molecule has 2 aromatic rings. The van der Waals surface area contributed by atoms with Crippen molar-refractivity contribution in [1.82, 2.24) is 9.78 Å². The van der Waals surface area contributed by atoms with E-state index in [1.807, 2.05) is 30.1 Å². The van der Waals surface area contributed by atoms with Gasteiger partial charge in [0.15, 0.2) is 0 Å². The highest BCUT2D eigenvalue weighted by atomic mass is 16.3. The lowest BCUT2D eigenvalue weighted by Crippen LogP contribution is -2.18. The van der Waals surface area contributed by atoms with Crippen molar-refractivity contribution in [2.45, 2.75) is 32.7 Å². The predicted molar refractivity (Wildman–Crippen MR) is 68.1 cm³/mol. The Labute approximate surface area is 102 Å². The van der Waals surface area contributed by atoms with Crippen molar-refractivity contribution in [3.05, 3.63) is 36.0 Å². The number of hydrogen-bond donors (Lipinski definition) is 1. The predicted octanol–water partition coefficient (Wildman–Crippen LogP) is 2.62. The van der Waals surface area contributed by atoms with Crippen LogP contribution in [0.4, 0.5) is 5.69 Å². The molecule has 0 radical (unpaired) electrons. The van der Waals surface area contributed by atoms with Crippen molar-refractivity contribution < 1.29 is 4.42 Å². The number of nitrogens with one attached hydrogen (secondary N) is 1. The van der Waals surface area contributed by atoms with Crippen molar-refractivity contribution in [2.75, 3.05) is 5.32 Å². The molecule has 0 aliphatic rings. The number of aromatic nitrogens is 2. The highest BCUT2D eigenvalue weighted by molar-refractivity contribution is 5.47. The van der Waals surface area contributed by atoms with Crippen molar-refractivity contribution in [2.24, 2.45) is 7.05 Å². The van der Waals surface area contributed by atoms with Crippen LogP contribution in [0, 0.1) is 0 Å². The molecule has 0 spiro atoms. The molecule has 4 heteroatoms. The monoisotopic (exact) mass is 233 g/mol. The molecule has 0 aliphatic heterocycles. The van der Waals surface area contributed by atoms with E-state index >= 15 is 0 Å². The summed E-state index contributed by atoms with van der Waals surface area (Å²) in [5, 5.41) is 7.89. The van der Waals surface area contributed by atoms with Crippen LogP contribution in [0.25, 0.3) is 0 Å². The number of anilines is 1. The van der Waals surface area contributed by atoms with E-state index in [0.717, 1.165) is 30.0 Å². The van der Waals surface area contributed by atoms with E-state index in [2.05, 4.69) is 24.3 Å². The van der Waals surface area contributed by atoms with Gasteiger partial charge in [-0.3, -0.25) is 4.68 Å². The summed E-state index contributed by atoms with van der Waals surface area (Å²) in [5.74, 6) is 1.01. The molecule has 0 fully saturated rings. The Morgan fingerprint density at radius 2 is 2.35 bits per heavy atom. The average Bonchev–Trinajstić information content (AvgIpc) is 2.88. The van der Waals surface area contributed by atoms with Gasteiger partial charge in [0.1, 0.15) is 5.76 Å². The Morgan fingerprint density at radius 1 is 1.53 bits per heavy atom. The lowest BCUT2D eigenvalue weighted by atomic mass is 10.2. The summed E-state index contributed by atoms with van der Waals surface area (Å²) in [6.45, 7) is 4.26. The summed E-state index contributed by atoms with van der Waals surface area (Å²) in [4.78, 5) is 0. The molecule has 4 nitrogen and oxygen atoms in total. The van der Waals surface area contributed by atoms with Crippen LogP contribution in [-0.4, -0.2) is 15.8 Å². The Balaban J connectivity index is 2.00. The number of aryl methyl sites for hydroxylation is 2. The third-order valence-electron chi connectivity index (χ3n) is 2.73. The molecule has 0 aromatic carbocycles. The first-order chi connectivity index (χ1) is 8.19. The maximum atomic E-state index is 5.34. The normalized spacial score (nSPS) is 12.6. The highest BCUT2D eigenvalue weighted by Crippen LogP contribution is 2.16. The number of nitrogens with zero attached hydrogens (tertiary/aromatic N) is 2. The lowest BCUT2D eigenvalue weighted by Gasteiger charge is -2.13. The minimum absolute atomic E-state index is 0.329. The minimum atomic E-state index is 0.329. The summed E-state index contributed by atoms with van der Waals surface area (Å²) in [6, 6.07) is 4.25. The van der Waals surface area contributed by atoms with Gasteiger partial charge in [-0.2, -0.15) is 5.10 Å². The van der Waals surface area contributed by atoms with Gasteiger partial charge < -0.3 is 9.73 Å². The van der Waals surface area contributed by atoms with Gasteiger partial charge in [0.2, 0.25) is 0 Å². The van der Waals surface area contributed by atoms with E-state index in [1.165, 1.54) is 0 Å². The molecule has 0 amide bonds. The Hall–Kier alpha value is -1.71. The molecule has 2 heterocycles. The van der Waals surface area contributed by atoms with E-state index in [9.17, 15) is 0 Å². The van der Waals surface area contributed by atoms with E-state index < -0.39 is 0 Å². The largest absolute Gasteiger partial charge is 0.469 e. The molecule has 2 rings (SSSR count). The maximum absolute atomic E-state index is 5.34. The van der Waals surface area contributed by atoms with Crippen LogP contribution in [0.5, 0.6) is 0 Å². The standard InChI is InChI=1S/C13H19N3O/c1-4-12-13(9-16(3)15-12)14-10(2)8-11-6-5-7-17-11/h5-7,9-10,14H,4,8H2,1-3H3. The Morgan fingerprint density at radius 3 is 3.00 bits per heavy atom. The zero-order valence-corrected chi connectivity index (χ0v) is 10.6. The fraction of sp³-hybridized carbons (Fsp3) is 0.462. The second-order valence-electron chi connectivity index (χ2n) is 4.35. The second-order valence-corrected chi connectivity index (χ2v) is 4.35. The topological polar surface area (TPSA) is 43.0 Å². The molecule has 0 saturated carbocycles. The Bertz CT molecular complexity index is 459. The SMILES string of the molecule is CCc1nn(C)cc1NC(C)Cc1ccco1. The number of furan rings is 1. The van der Waals surface area contributed by atoms with Crippen molar-refractivity contribution in [3.63, 3.8) is 0 Å². The number of hydrogen-bond acceptors (Lipinski definition) is 3. The van der Waals surface area contributed by atoms with Crippen LogP contribution in [0.2, 0.25) is 0 Å². The minimum Gasteiger partial charge on any atom is -0.469 e. The third-order valence-corrected chi connectivity index (χ3v) is 2.73. The molecule has 0 bridgehead atoms. The molecular weight excluding hydrogens is 214 g/mol. The van der Waals surface area contributed by atoms with Gasteiger partial charge >= 0.3 is 0 Å². The third kappa shape index (κ3) is 2.90. The first-order valence-electron chi connectivity index (χ1n) is 6.00. The average molecular weight is 233 g/mol. The quantitative estimate of drug-likeness (QED) is 0.863. The van der Waals surface area contributed by atoms with Crippen LogP contribution in [0.3, 0.4) is 0 Å². The van der Waals surface area contributed by atoms with E-state index in [1.54, 1.807) is 6.26 Å². The van der Waals surface area contributed by atoms with Gasteiger partial charge in [-0.1, -0.05) is 6.92 Å². The molecule has 0 aliphatic carbocycles. The molecule has 92 valence electrons. The summed E-state index contributed by atoms with van der Waals surface area (Å²) in [7, 11) is 1.95. The zero-order chi connectivity index (χ0) is 12.3. The van der Waals surface area contributed by atoms with Gasteiger partial charge in [-0.15, -0.1) is 0 Å². The smallest absolute Gasteiger partial charge is 0.105 e. The van der Waals surface area contributed by atoms with Gasteiger partial charge in [-0.05, 0) is 25.5 Å². The van der Waals surface area contributed by atoms with E-state index in [-0.39, 0.29) is 0 Å². The van der Waals surface area contributed by atoms with E-state index in [0.29, 0.717) is 6.04 Å². The van der Waals surface area contributed by atoms with Crippen molar-refractivity contribution in [1.29, 1.82) is 0 Å². The molecule has 1 unspecified atom stereocenters. The van der Waals surface area contributed by atoms with Crippen LogP contribution in [0.15, 0.2) is 29.0 Å².